The van der Waals surface area contributed by atoms with Crippen LogP contribution < -0.4 is 0 Å². The molecular formula is C24H58O8Si6. The van der Waals surface area contributed by atoms with Gasteiger partial charge in [0, 0.05) is 0 Å². The summed E-state index contributed by atoms with van der Waals surface area (Å²) in [5, 5.41) is 0. The van der Waals surface area contributed by atoms with Crippen LogP contribution in [0.15, 0.2) is 0 Å². The van der Waals surface area contributed by atoms with Crippen molar-refractivity contribution < 1.29 is 36.1 Å². The Bertz CT molecular complexity index is 717. The third-order valence-electron chi connectivity index (χ3n) is 4.14. The smallest absolute Gasteiger partial charge is 0.323 e. The summed E-state index contributed by atoms with van der Waals surface area (Å²) in [6.07, 6.45) is -3.93. The normalized spacial score (nSPS) is 17.4. The Morgan fingerprint density at radius 2 is 0.579 bits per heavy atom. The maximum atomic E-state index is 13.8. The van der Waals surface area contributed by atoms with Crippen LogP contribution in [0.2, 0.25) is 118 Å². The first-order valence-corrected chi connectivity index (χ1v) is 34.0. The van der Waals surface area contributed by atoms with Crippen molar-refractivity contribution in [1.29, 1.82) is 0 Å². The van der Waals surface area contributed by atoms with E-state index in [2.05, 4.69) is 39.3 Å². The summed E-state index contributed by atoms with van der Waals surface area (Å²) in [5.41, 5.74) is 0. The summed E-state index contributed by atoms with van der Waals surface area (Å²) in [7, 11) is -13.7. The number of hydrogen-bond donors (Lipinski definition) is 0. The van der Waals surface area contributed by atoms with Crippen LogP contribution in [0.25, 0.3) is 0 Å². The van der Waals surface area contributed by atoms with Crippen LogP contribution in [-0.2, 0) is 36.1 Å². The molecule has 0 amide bonds. The van der Waals surface area contributed by atoms with Gasteiger partial charge in [-0.25, -0.2) is 0 Å². The minimum Gasteiger partial charge on any atom is -0.518 e. The first-order chi connectivity index (χ1) is 16.4. The molecule has 0 radical (unpaired) electrons. The fourth-order valence-corrected chi connectivity index (χ4v) is 8.97. The molecule has 0 rings (SSSR count). The zero-order chi connectivity index (χ0) is 30.7. The Hall–Kier alpha value is 0.0813. The molecule has 0 N–H and O–H groups in total. The molecule has 4 atom stereocenters. The quantitative estimate of drug-likeness (QED) is 0.184. The molecule has 0 spiro atoms. The minimum atomic E-state index is -2.30. The van der Waals surface area contributed by atoms with Crippen molar-refractivity contribution in [2.45, 2.75) is 142 Å². The fourth-order valence-electron chi connectivity index (χ4n) is 3.40. The fraction of sp³-hybridized carbons (Fsp3) is 0.917. The molecule has 0 unspecified atom stereocenters. The Labute approximate surface area is 239 Å². The monoisotopic (exact) mass is 642 g/mol. The summed E-state index contributed by atoms with van der Waals surface area (Å²) in [4.78, 5) is 27.6. The standard InChI is InChI=1S/C24H58O8Si6/c1-33(2,3)27-19(21(29-35(7,8)9)23(25)31-37(13,14)15)20(28-34(4,5)6)22(30-36(10,11)12)24(26)32-38(16,17)18/h19-22H,1-18H3/t19-,20-,21-,22-/m1/s1. The molecule has 0 fully saturated rings. The van der Waals surface area contributed by atoms with Gasteiger partial charge in [0.2, 0.25) is 16.6 Å². The summed E-state index contributed by atoms with van der Waals surface area (Å²) in [6, 6.07) is 0. The first-order valence-electron chi connectivity index (χ1n) is 13.6. The van der Waals surface area contributed by atoms with Crippen LogP contribution in [-0.4, -0.2) is 86.3 Å². The van der Waals surface area contributed by atoms with Crippen molar-refractivity contribution in [3.63, 3.8) is 0 Å². The molecule has 0 heterocycles. The average molecular weight is 643 g/mol. The van der Waals surface area contributed by atoms with Gasteiger partial charge >= 0.3 is 11.9 Å². The van der Waals surface area contributed by atoms with Crippen LogP contribution in [0.1, 0.15) is 0 Å². The van der Waals surface area contributed by atoms with Crippen molar-refractivity contribution in [2.75, 3.05) is 0 Å². The average Bonchev–Trinajstić information content (AvgIpc) is 2.54. The van der Waals surface area contributed by atoms with Gasteiger partial charge in [-0.15, -0.1) is 0 Å². The molecule has 14 heteroatoms. The lowest BCUT2D eigenvalue weighted by atomic mass is 10.0. The number of rotatable bonds is 15. The van der Waals surface area contributed by atoms with Gasteiger partial charge in [-0.3, -0.25) is 9.59 Å². The van der Waals surface area contributed by atoms with Crippen molar-refractivity contribution >= 4 is 61.8 Å². The molecule has 0 saturated heterocycles. The highest BCUT2D eigenvalue weighted by atomic mass is 28.4. The molecule has 0 aromatic rings. The van der Waals surface area contributed by atoms with Crippen molar-refractivity contribution in [2.24, 2.45) is 0 Å². The highest BCUT2D eigenvalue weighted by Gasteiger charge is 2.51. The molecule has 38 heavy (non-hydrogen) atoms. The SMILES string of the molecule is C[Si](C)(C)OC(=O)[C@H](O[Si](C)(C)C)[C@H](O[Si](C)(C)C)[C@@H](O[Si](C)(C)C)[C@@H](O[Si](C)(C)C)C(=O)O[Si](C)(C)C. The zero-order valence-corrected chi connectivity index (χ0v) is 33.6. The highest BCUT2D eigenvalue weighted by molar-refractivity contribution is 6.73. The molecule has 8 nitrogen and oxygen atoms in total. The lowest BCUT2D eigenvalue weighted by Gasteiger charge is -2.44. The second kappa shape index (κ2) is 13.4. The lowest BCUT2D eigenvalue weighted by molar-refractivity contribution is -0.164. The lowest BCUT2D eigenvalue weighted by Crippen LogP contribution is -2.62. The molecule has 0 aliphatic carbocycles. The Morgan fingerprint density at radius 3 is 0.737 bits per heavy atom. The summed E-state index contributed by atoms with van der Waals surface area (Å²) in [5.74, 6) is -0.936. The van der Waals surface area contributed by atoms with E-state index in [0.717, 1.165) is 0 Å². The van der Waals surface area contributed by atoms with E-state index < -0.39 is 86.3 Å². The summed E-state index contributed by atoms with van der Waals surface area (Å²) in [6.45, 7) is 36.2. The van der Waals surface area contributed by atoms with Crippen LogP contribution >= 0.6 is 0 Å². The molecule has 0 aliphatic rings. The van der Waals surface area contributed by atoms with Crippen LogP contribution in [0, 0.1) is 0 Å². The van der Waals surface area contributed by atoms with Gasteiger partial charge in [-0.05, 0) is 118 Å². The summed E-state index contributed by atoms with van der Waals surface area (Å²) >= 11 is 0. The van der Waals surface area contributed by atoms with E-state index in [0.29, 0.717) is 0 Å². The van der Waals surface area contributed by atoms with E-state index >= 15 is 0 Å². The van der Waals surface area contributed by atoms with E-state index in [-0.39, 0.29) is 0 Å². The van der Waals surface area contributed by atoms with Gasteiger partial charge < -0.3 is 26.6 Å². The Kier molecular flexibility index (Phi) is 13.4. The molecule has 0 aromatic heterocycles. The van der Waals surface area contributed by atoms with E-state index in [9.17, 15) is 9.59 Å². The molecule has 0 saturated carbocycles. The van der Waals surface area contributed by atoms with E-state index in [1.54, 1.807) is 0 Å². The maximum Gasteiger partial charge on any atom is 0.323 e. The molecular weight excluding hydrogens is 585 g/mol. The van der Waals surface area contributed by atoms with Crippen molar-refractivity contribution in [3.8, 4) is 0 Å². The molecule has 0 aromatic carbocycles. The van der Waals surface area contributed by atoms with Crippen LogP contribution in [0.5, 0.6) is 0 Å². The van der Waals surface area contributed by atoms with Gasteiger partial charge in [0.05, 0.1) is 0 Å². The van der Waals surface area contributed by atoms with Crippen LogP contribution in [0.4, 0.5) is 0 Å². The first kappa shape index (κ1) is 38.1. The molecule has 226 valence electrons. The highest BCUT2D eigenvalue weighted by Crippen LogP contribution is 2.30. The maximum absolute atomic E-state index is 13.8. The molecule has 0 bridgehead atoms. The van der Waals surface area contributed by atoms with Gasteiger partial charge in [0.25, 0.3) is 0 Å². The second-order valence-corrected chi connectivity index (χ2v) is 42.5. The second-order valence-electron chi connectivity index (χ2n) is 15.8. The van der Waals surface area contributed by atoms with E-state index in [4.69, 9.17) is 26.6 Å². The Balaban J connectivity index is 7.27. The van der Waals surface area contributed by atoms with Crippen molar-refractivity contribution in [1.82, 2.24) is 0 Å². The van der Waals surface area contributed by atoms with Gasteiger partial charge in [-0.2, -0.15) is 0 Å². The number of carbonyl (C=O) groups is 2. The number of carbonyl (C=O) groups excluding carboxylic acids is 2. The number of hydrogen-bond acceptors (Lipinski definition) is 8. The zero-order valence-electron chi connectivity index (χ0n) is 27.6. The topological polar surface area (TPSA) is 89.5 Å². The summed E-state index contributed by atoms with van der Waals surface area (Å²) < 4.78 is 38.6. The minimum absolute atomic E-state index is 0.468. The van der Waals surface area contributed by atoms with Crippen molar-refractivity contribution in [3.05, 3.63) is 0 Å². The largest absolute Gasteiger partial charge is 0.518 e. The third kappa shape index (κ3) is 17.7. The predicted molar refractivity (Wildman–Crippen MR) is 172 cm³/mol. The van der Waals surface area contributed by atoms with E-state index in [1.165, 1.54) is 0 Å². The van der Waals surface area contributed by atoms with Gasteiger partial charge in [-0.1, -0.05) is 0 Å². The van der Waals surface area contributed by atoms with Crippen LogP contribution in [0.3, 0.4) is 0 Å². The third-order valence-corrected chi connectivity index (χ3v) is 9.65. The Morgan fingerprint density at radius 1 is 0.368 bits per heavy atom. The van der Waals surface area contributed by atoms with Gasteiger partial charge in [0.15, 0.2) is 45.5 Å². The molecule has 0 aliphatic heterocycles. The van der Waals surface area contributed by atoms with E-state index in [1.807, 2.05) is 78.6 Å². The predicted octanol–water partition coefficient (Wildman–Crippen LogP) is 6.62. The van der Waals surface area contributed by atoms with Gasteiger partial charge in [0.1, 0.15) is 12.2 Å².